The molecule has 2 bridgehead atoms. The first-order chi connectivity index (χ1) is 13.8. The first kappa shape index (κ1) is 20.4. The Kier molecular flexibility index (Phi) is 5.20. The van der Waals surface area contributed by atoms with Crippen LogP contribution in [0.2, 0.25) is 0 Å². The van der Waals surface area contributed by atoms with E-state index >= 15 is 0 Å². The highest BCUT2D eigenvalue weighted by molar-refractivity contribution is 5.94. The van der Waals surface area contributed by atoms with Crippen molar-refractivity contribution in [2.75, 3.05) is 6.54 Å². The van der Waals surface area contributed by atoms with Crippen LogP contribution in [0, 0.1) is 22.6 Å². The van der Waals surface area contributed by atoms with Gasteiger partial charge in [-0.1, -0.05) is 46.2 Å². The molecule has 4 atom stereocenters. The lowest BCUT2D eigenvalue weighted by Gasteiger charge is -2.39. The van der Waals surface area contributed by atoms with Crippen LogP contribution in [0.5, 0.6) is 0 Å². The van der Waals surface area contributed by atoms with E-state index in [1.165, 1.54) is 25.0 Å². The zero-order chi connectivity index (χ0) is 20.8. The van der Waals surface area contributed by atoms with Crippen molar-refractivity contribution in [2.45, 2.75) is 78.2 Å². The fourth-order valence-corrected chi connectivity index (χ4v) is 5.89. The molecular formula is C24H34FN3O. The molecule has 1 heterocycles. The third kappa shape index (κ3) is 3.36. The third-order valence-corrected chi connectivity index (χ3v) is 8.39. The maximum absolute atomic E-state index is 13.4. The summed E-state index contributed by atoms with van der Waals surface area (Å²) in [5, 5.41) is 9.65. The number of carbonyl (C=O) groups excluding carboxylic acids is 1. The molecule has 2 saturated carbocycles. The van der Waals surface area contributed by atoms with E-state index in [1.54, 1.807) is 5.01 Å². The third-order valence-electron chi connectivity index (χ3n) is 8.39. The van der Waals surface area contributed by atoms with Gasteiger partial charge in [0.15, 0.2) is 0 Å². The summed E-state index contributed by atoms with van der Waals surface area (Å²) in [5.41, 5.74) is 2.48. The van der Waals surface area contributed by atoms with Gasteiger partial charge in [-0.3, -0.25) is 0 Å². The lowest BCUT2D eigenvalue weighted by Crippen LogP contribution is -2.50. The molecule has 0 aromatic heterocycles. The molecule has 4 nitrogen and oxygen atoms in total. The van der Waals surface area contributed by atoms with E-state index in [1.807, 2.05) is 12.1 Å². The second kappa shape index (κ2) is 7.41. The smallest absolute Gasteiger partial charge is 0.333 e. The van der Waals surface area contributed by atoms with Crippen molar-refractivity contribution in [1.29, 1.82) is 0 Å². The van der Waals surface area contributed by atoms with Gasteiger partial charge in [-0.25, -0.2) is 14.2 Å². The standard InChI is InChI=1S/C24H34FN3O/c1-5-6-7-20-19(16-8-10-18(25)11-9-16)15-28(27-20)22(29)26-21-14-17-12-13-24(21,4)23(17,2)3/h8-11,17,19,21H,5-7,12-15H2,1-4H3,(H,26,29)/t17-,19?,21-,24-/m0/s1. The zero-order valence-corrected chi connectivity index (χ0v) is 18.2. The molecule has 0 saturated heterocycles. The number of hydrogen-bond donors (Lipinski definition) is 1. The molecule has 3 aliphatic rings. The fourth-order valence-electron chi connectivity index (χ4n) is 5.89. The molecule has 2 aliphatic carbocycles. The van der Waals surface area contributed by atoms with Crippen LogP contribution in [-0.2, 0) is 0 Å². The Hall–Kier alpha value is -1.91. The van der Waals surface area contributed by atoms with Crippen molar-refractivity contribution in [2.24, 2.45) is 21.8 Å². The number of carbonyl (C=O) groups is 1. The Balaban J connectivity index is 1.49. The number of hydrogen-bond acceptors (Lipinski definition) is 2. The van der Waals surface area contributed by atoms with Gasteiger partial charge in [-0.05, 0) is 66.5 Å². The fraction of sp³-hybridized carbons (Fsp3) is 0.667. The minimum Gasteiger partial charge on any atom is -0.333 e. The van der Waals surface area contributed by atoms with Crippen LogP contribution in [0.25, 0.3) is 0 Å². The summed E-state index contributed by atoms with van der Waals surface area (Å²) < 4.78 is 13.4. The van der Waals surface area contributed by atoms with Crippen LogP contribution in [0.3, 0.4) is 0 Å². The van der Waals surface area contributed by atoms with Crippen LogP contribution in [0.15, 0.2) is 29.4 Å². The molecular weight excluding hydrogens is 365 g/mol. The van der Waals surface area contributed by atoms with E-state index in [-0.39, 0.29) is 34.6 Å². The molecule has 1 N–H and O–H groups in total. The number of urea groups is 1. The summed E-state index contributed by atoms with van der Waals surface area (Å²) in [6, 6.07) is 6.76. The van der Waals surface area contributed by atoms with Crippen LogP contribution in [0.1, 0.15) is 77.7 Å². The summed E-state index contributed by atoms with van der Waals surface area (Å²) in [4.78, 5) is 13.1. The molecule has 0 spiro atoms. The lowest BCUT2D eigenvalue weighted by molar-refractivity contribution is 0.118. The quantitative estimate of drug-likeness (QED) is 0.679. The molecule has 1 unspecified atom stereocenters. The average Bonchev–Trinajstić information content (AvgIpc) is 3.26. The van der Waals surface area contributed by atoms with E-state index in [0.29, 0.717) is 12.5 Å². The van der Waals surface area contributed by atoms with Crippen LogP contribution < -0.4 is 5.32 Å². The lowest BCUT2D eigenvalue weighted by atomic mass is 9.69. The zero-order valence-electron chi connectivity index (χ0n) is 18.2. The normalized spacial score (nSPS) is 32.5. The summed E-state index contributed by atoms with van der Waals surface area (Å²) in [6.07, 6.45) is 6.51. The van der Waals surface area contributed by atoms with Gasteiger partial charge in [-0.15, -0.1) is 0 Å². The number of hydrazone groups is 1. The number of fused-ring (bicyclic) bond motifs is 2. The SMILES string of the molecule is CCCCC1=NN(C(=O)N[C@H]2C[C@@H]3CC[C@]2(C)C3(C)C)CC1c1ccc(F)cc1. The van der Waals surface area contributed by atoms with Crippen LogP contribution >= 0.6 is 0 Å². The van der Waals surface area contributed by atoms with E-state index in [9.17, 15) is 9.18 Å². The summed E-state index contributed by atoms with van der Waals surface area (Å²) in [5.74, 6) is 0.507. The van der Waals surface area contributed by atoms with Gasteiger partial charge in [0.25, 0.3) is 0 Å². The number of unbranched alkanes of at least 4 members (excludes halogenated alkanes) is 1. The van der Waals surface area contributed by atoms with Gasteiger partial charge in [0.2, 0.25) is 0 Å². The molecule has 158 valence electrons. The maximum Gasteiger partial charge on any atom is 0.338 e. The van der Waals surface area contributed by atoms with Crippen molar-refractivity contribution in [3.05, 3.63) is 35.6 Å². The molecule has 1 aliphatic heterocycles. The minimum absolute atomic E-state index is 0.0555. The van der Waals surface area contributed by atoms with Crippen LogP contribution in [0.4, 0.5) is 9.18 Å². The Morgan fingerprint density at radius 3 is 2.59 bits per heavy atom. The molecule has 5 heteroatoms. The number of nitrogens with one attached hydrogen (secondary N) is 1. The summed E-state index contributed by atoms with van der Waals surface area (Å²) in [6.45, 7) is 9.75. The van der Waals surface area contributed by atoms with E-state index in [0.717, 1.165) is 37.0 Å². The maximum atomic E-state index is 13.4. The van der Waals surface area contributed by atoms with Crippen molar-refractivity contribution < 1.29 is 9.18 Å². The first-order valence-electron chi connectivity index (χ1n) is 11.2. The molecule has 0 radical (unpaired) electrons. The number of halogens is 1. The van der Waals surface area contributed by atoms with Crippen molar-refractivity contribution in [3.63, 3.8) is 0 Å². The van der Waals surface area contributed by atoms with Gasteiger partial charge in [0.1, 0.15) is 5.82 Å². The molecule has 4 rings (SSSR count). The van der Waals surface area contributed by atoms with E-state index < -0.39 is 0 Å². The van der Waals surface area contributed by atoms with Gasteiger partial charge < -0.3 is 5.32 Å². The predicted molar refractivity (Wildman–Crippen MR) is 114 cm³/mol. The first-order valence-corrected chi connectivity index (χ1v) is 11.2. The summed E-state index contributed by atoms with van der Waals surface area (Å²) in [7, 11) is 0. The Bertz CT molecular complexity index is 803. The van der Waals surface area contributed by atoms with Gasteiger partial charge in [-0.2, -0.15) is 5.10 Å². The average molecular weight is 400 g/mol. The molecule has 1 aromatic rings. The van der Waals surface area contributed by atoms with Crippen molar-refractivity contribution in [3.8, 4) is 0 Å². The number of rotatable bonds is 5. The highest BCUT2D eigenvalue weighted by Gasteiger charge is 2.61. The highest BCUT2D eigenvalue weighted by atomic mass is 19.1. The topological polar surface area (TPSA) is 44.7 Å². The Labute approximate surface area is 173 Å². The number of amides is 2. The summed E-state index contributed by atoms with van der Waals surface area (Å²) >= 11 is 0. The Morgan fingerprint density at radius 2 is 2.00 bits per heavy atom. The molecule has 2 fully saturated rings. The number of nitrogens with zero attached hydrogens (tertiary/aromatic N) is 2. The molecule has 29 heavy (non-hydrogen) atoms. The second-order valence-corrected chi connectivity index (χ2v) is 9.99. The largest absolute Gasteiger partial charge is 0.338 e. The predicted octanol–water partition coefficient (Wildman–Crippen LogP) is 5.70. The monoisotopic (exact) mass is 399 g/mol. The minimum atomic E-state index is -0.236. The Morgan fingerprint density at radius 1 is 1.28 bits per heavy atom. The van der Waals surface area contributed by atoms with E-state index in [2.05, 4.69) is 33.0 Å². The molecule has 1 aromatic carbocycles. The van der Waals surface area contributed by atoms with Crippen molar-refractivity contribution >= 4 is 11.7 Å². The second-order valence-electron chi connectivity index (χ2n) is 9.99. The van der Waals surface area contributed by atoms with Crippen LogP contribution in [-0.4, -0.2) is 29.3 Å². The van der Waals surface area contributed by atoms with Gasteiger partial charge in [0, 0.05) is 17.7 Å². The molecule has 2 amide bonds. The van der Waals surface area contributed by atoms with Gasteiger partial charge in [0.05, 0.1) is 6.54 Å². The number of benzene rings is 1. The van der Waals surface area contributed by atoms with Gasteiger partial charge >= 0.3 is 6.03 Å². The van der Waals surface area contributed by atoms with E-state index in [4.69, 9.17) is 5.10 Å². The van der Waals surface area contributed by atoms with Crippen molar-refractivity contribution in [1.82, 2.24) is 10.3 Å². The highest BCUT2D eigenvalue weighted by Crippen LogP contribution is 2.65.